The Morgan fingerprint density at radius 2 is 2.00 bits per heavy atom. The Morgan fingerprint density at radius 1 is 1.20 bits per heavy atom. The quantitative estimate of drug-likeness (QED) is 0.174. The van der Waals surface area contributed by atoms with Crippen LogP contribution in [0.2, 0.25) is 0 Å². The number of guanidine groups is 1. The monoisotopic (exact) mass is 532 g/mol. The summed E-state index contributed by atoms with van der Waals surface area (Å²) in [5, 5.41) is 9.63. The lowest BCUT2D eigenvalue weighted by Gasteiger charge is -2.22. The fourth-order valence-electron chi connectivity index (χ4n) is 3.32. The maximum atomic E-state index is 12.2. The molecule has 1 saturated carbocycles. The molecule has 1 aliphatic carbocycles. The van der Waals surface area contributed by atoms with Gasteiger partial charge in [0.15, 0.2) is 5.96 Å². The van der Waals surface area contributed by atoms with Gasteiger partial charge in [0.25, 0.3) is 0 Å². The molecule has 8 heteroatoms. The van der Waals surface area contributed by atoms with Crippen molar-refractivity contribution < 1.29 is 14.3 Å². The lowest BCUT2D eigenvalue weighted by molar-refractivity contribution is -0.121. The Morgan fingerprint density at radius 3 is 2.73 bits per heavy atom. The first-order valence-electron chi connectivity index (χ1n) is 10.8. The lowest BCUT2D eigenvalue weighted by Crippen LogP contribution is -2.36. The van der Waals surface area contributed by atoms with E-state index in [0.717, 1.165) is 37.2 Å². The third-order valence-corrected chi connectivity index (χ3v) is 4.78. The van der Waals surface area contributed by atoms with Crippen LogP contribution in [0.3, 0.4) is 0 Å². The van der Waals surface area contributed by atoms with Crippen molar-refractivity contribution >= 4 is 41.5 Å². The van der Waals surface area contributed by atoms with Crippen molar-refractivity contribution in [2.45, 2.75) is 57.9 Å². The topological polar surface area (TPSA) is 84.0 Å². The molecular weight excluding hydrogens is 495 g/mol. The fraction of sp³-hybridized carbons (Fsp3) is 0.636. The second kappa shape index (κ2) is 16.2. The summed E-state index contributed by atoms with van der Waals surface area (Å²) in [5.74, 6) is 1.55. The summed E-state index contributed by atoms with van der Waals surface area (Å²) in [6.07, 6.45) is 7.16. The Bertz CT molecular complexity index is 637. The SMILES string of the molecule is CCNC(=NCCC(=O)NC1CCCCC1)Nc1cccc(OCCCOC)c1.I. The number of hydrogen-bond acceptors (Lipinski definition) is 4. The molecule has 1 fully saturated rings. The largest absolute Gasteiger partial charge is 0.493 e. The third-order valence-electron chi connectivity index (χ3n) is 4.78. The van der Waals surface area contributed by atoms with Crippen LogP contribution < -0.4 is 20.7 Å². The van der Waals surface area contributed by atoms with Gasteiger partial charge in [-0.2, -0.15) is 0 Å². The van der Waals surface area contributed by atoms with E-state index in [9.17, 15) is 4.79 Å². The summed E-state index contributed by atoms with van der Waals surface area (Å²) in [6, 6.07) is 8.12. The molecule has 1 amide bonds. The third kappa shape index (κ3) is 11.0. The predicted molar refractivity (Wildman–Crippen MR) is 133 cm³/mol. The number of ether oxygens (including phenoxy) is 2. The van der Waals surface area contributed by atoms with Crippen molar-refractivity contribution in [2.24, 2.45) is 4.99 Å². The number of nitrogens with zero attached hydrogens (tertiary/aromatic N) is 1. The molecule has 0 aliphatic heterocycles. The fourth-order valence-corrected chi connectivity index (χ4v) is 3.32. The molecule has 170 valence electrons. The number of nitrogens with one attached hydrogen (secondary N) is 3. The average Bonchev–Trinajstić information content (AvgIpc) is 2.72. The number of carbonyl (C=O) groups is 1. The smallest absolute Gasteiger partial charge is 0.222 e. The van der Waals surface area contributed by atoms with Gasteiger partial charge in [-0.05, 0) is 31.9 Å². The maximum absolute atomic E-state index is 12.2. The zero-order valence-electron chi connectivity index (χ0n) is 18.2. The number of methoxy groups -OCH3 is 1. The van der Waals surface area contributed by atoms with E-state index < -0.39 is 0 Å². The number of halogens is 1. The van der Waals surface area contributed by atoms with Gasteiger partial charge in [0.2, 0.25) is 5.91 Å². The molecule has 0 spiro atoms. The van der Waals surface area contributed by atoms with E-state index in [1.54, 1.807) is 7.11 Å². The van der Waals surface area contributed by atoms with Crippen LogP contribution in [-0.2, 0) is 9.53 Å². The summed E-state index contributed by atoms with van der Waals surface area (Å²) in [4.78, 5) is 16.7. The number of aliphatic imine (C=N–C) groups is 1. The summed E-state index contributed by atoms with van der Waals surface area (Å²) >= 11 is 0. The van der Waals surface area contributed by atoms with Crippen molar-refractivity contribution in [1.82, 2.24) is 10.6 Å². The van der Waals surface area contributed by atoms with Crippen LogP contribution in [0.25, 0.3) is 0 Å². The molecule has 0 atom stereocenters. The van der Waals surface area contributed by atoms with E-state index in [2.05, 4.69) is 20.9 Å². The highest BCUT2D eigenvalue weighted by atomic mass is 127. The molecule has 0 heterocycles. The number of hydrogen-bond donors (Lipinski definition) is 3. The molecular formula is C22H37IN4O3. The Hall–Kier alpha value is -1.55. The number of carbonyl (C=O) groups excluding carboxylic acids is 1. The Labute approximate surface area is 197 Å². The normalized spacial score (nSPS) is 14.5. The van der Waals surface area contributed by atoms with Gasteiger partial charge in [0, 0.05) is 50.9 Å². The molecule has 30 heavy (non-hydrogen) atoms. The van der Waals surface area contributed by atoms with Gasteiger partial charge in [-0.25, -0.2) is 0 Å². The van der Waals surface area contributed by atoms with Crippen LogP contribution in [0.4, 0.5) is 5.69 Å². The van der Waals surface area contributed by atoms with Gasteiger partial charge in [0.05, 0.1) is 13.2 Å². The molecule has 0 bridgehead atoms. The summed E-state index contributed by atoms with van der Waals surface area (Å²) in [6.45, 7) is 4.50. The molecule has 1 aromatic rings. The van der Waals surface area contributed by atoms with Crippen LogP contribution in [0, 0.1) is 0 Å². The number of benzene rings is 1. The van der Waals surface area contributed by atoms with E-state index in [0.29, 0.717) is 38.2 Å². The van der Waals surface area contributed by atoms with E-state index in [1.165, 1.54) is 19.3 Å². The minimum absolute atomic E-state index is 0. The molecule has 1 aliphatic rings. The first-order valence-corrected chi connectivity index (χ1v) is 10.8. The van der Waals surface area contributed by atoms with Crippen LogP contribution in [-0.4, -0.2) is 51.3 Å². The van der Waals surface area contributed by atoms with Crippen LogP contribution in [0.1, 0.15) is 51.9 Å². The molecule has 1 aromatic carbocycles. The maximum Gasteiger partial charge on any atom is 0.222 e. The average molecular weight is 532 g/mol. The molecule has 0 radical (unpaired) electrons. The van der Waals surface area contributed by atoms with Crippen molar-refractivity contribution in [3.63, 3.8) is 0 Å². The van der Waals surface area contributed by atoms with Gasteiger partial charge in [0.1, 0.15) is 5.75 Å². The van der Waals surface area contributed by atoms with E-state index in [-0.39, 0.29) is 29.9 Å². The summed E-state index contributed by atoms with van der Waals surface area (Å²) in [7, 11) is 1.69. The van der Waals surface area contributed by atoms with Crippen molar-refractivity contribution in [3.8, 4) is 5.75 Å². The van der Waals surface area contributed by atoms with Crippen LogP contribution >= 0.6 is 24.0 Å². The second-order valence-corrected chi connectivity index (χ2v) is 7.26. The molecule has 3 N–H and O–H groups in total. The standard InChI is InChI=1S/C22H36N4O3.HI/c1-3-23-22(24-14-13-21(27)25-18-9-5-4-6-10-18)26-19-11-7-12-20(17-19)29-16-8-15-28-2;/h7,11-12,17-18H,3-6,8-10,13-16H2,1-2H3,(H,25,27)(H2,23,24,26);1H. The van der Waals surface area contributed by atoms with Crippen LogP contribution in [0.5, 0.6) is 5.75 Å². The highest BCUT2D eigenvalue weighted by molar-refractivity contribution is 14.0. The molecule has 2 rings (SSSR count). The molecule has 0 unspecified atom stereocenters. The zero-order chi connectivity index (χ0) is 20.7. The van der Waals surface area contributed by atoms with Gasteiger partial charge < -0.3 is 25.4 Å². The highest BCUT2D eigenvalue weighted by Crippen LogP contribution is 2.18. The lowest BCUT2D eigenvalue weighted by atomic mass is 9.95. The first-order chi connectivity index (χ1) is 14.2. The minimum atomic E-state index is 0. The summed E-state index contributed by atoms with van der Waals surface area (Å²) < 4.78 is 10.8. The van der Waals surface area contributed by atoms with E-state index >= 15 is 0 Å². The van der Waals surface area contributed by atoms with Gasteiger partial charge in [-0.3, -0.25) is 9.79 Å². The van der Waals surface area contributed by atoms with Crippen molar-refractivity contribution in [3.05, 3.63) is 24.3 Å². The predicted octanol–water partition coefficient (Wildman–Crippen LogP) is 3.94. The number of rotatable bonds is 11. The van der Waals surface area contributed by atoms with Crippen molar-refractivity contribution in [2.75, 3.05) is 38.7 Å². The number of amides is 1. The second-order valence-electron chi connectivity index (χ2n) is 7.26. The van der Waals surface area contributed by atoms with Crippen LogP contribution in [0.15, 0.2) is 29.3 Å². The molecule has 7 nitrogen and oxygen atoms in total. The van der Waals surface area contributed by atoms with Crippen molar-refractivity contribution in [1.29, 1.82) is 0 Å². The first kappa shape index (κ1) is 26.5. The highest BCUT2D eigenvalue weighted by Gasteiger charge is 2.15. The Kier molecular flexibility index (Phi) is 14.3. The minimum Gasteiger partial charge on any atom is -0.493 e. The number of anilines is 1. The zero-order valence-corrected chi connectivity index (χ0v) is 20.6. The van der Waals surface area contributed by atoms with Gasteiger partial charge >= 0.3 is 0 Å². The van der Waals surface area contributed by atoms with E-state index in [4.69, 9.17) is 9.47 Å². The van der Waals surface area contributed by atoms with E-state index in [1.807, 2.05) is 31.2 Å². The van der Waals surface area contributed by atoms with Gasteiger partial charge in [-0.15, -0.1) is 24.0 Å². The molecule has 0 saturated heterocycles. The van der Waals surface area contributed by atoms with Gasteiger partial charge in [-0.1, -0.05) is 25.3 Å². The summed E-state index contributed by atoms with van der Waals surface area (Å²) in [5.41, 5.74) is 0.889. The molecule has 0 aromatic heterocycles. The Balaban J connectivity index is 0.00000450.